The van der Waals surface area contributed by atoms with Crippen molar-refractivity contribution < 1.29 is 14.1 Å². The van der Waals surface area contributed by atoms with Gasteiger partial charge < -0.3 is 14.6 Å². The van der Waals surface area contributed by atoms with Crippen molar-refractivity contribution in [2.75, 3.05) is 37.6 Å². The lowest BCUT2D eigenvalue weighted by molar-refractivity contribution is -0.384. The van der Waals surface area contributed by atoms with Crippen molar-refractivity contribution in [1.82, 2.24) is 10.2 Å². The molecule has 2 aromatic rings. The van der Waals surface area contributed by atoms with E-state index in [0.717, 1.165) is 57.6 Å². The molecule has 4 rings (SSSR count). The van der Waals surface area contributed by atoms with Gasteiger partial charge in [0.15, 0.2) is 0 Å². The van der Waals surface area contributed by atoms with Gasteiger partial charge in [0.05, 0.1) is 17.2 Å². The first-order chi connectivity index (χ1) is 14.6. The van der Waals surface area contributed by atoms with Crippen molar-refractivity contribution in [3.05, 3.63) is 58.0 Å². The van der Waals surface area contributed by atoms with Crippen molar-refractivity contribution in [3.8, 4) is 0 Å². The minimum atomic E-state index is -0.399. The Labute approximate surface area is 176 Å². The molecule has 2 aliphatic heterocycles. The van der Waals surface area contributed by atoms with E-state index >= 15 is 0 Å². The summed E-state index contributed by atoms with van der Waals surface area (Å²) in [6.07, 6.45) is 7.20. The number of nitro benzene ring substituents is 1. The van der Waals surface area contributed by atoms with Crippen molar-refractivity contribution in [2.45, 2.75) is 38.1 Å². The Bertz CT molecular complexity index is 871. The van der Waals surface area contributed by atoms with Gasteiger partial charge in [0.25, 0.3) is 11.6 Å². The van der Waals surface area contributed by atoms with Crippen LogP contribution < -0.4 is 10.2 Å². The number of hydrogen-bond donors (Lipinski definition) is 1. The number of anilines is 1. The van der Waals surface area contributed by atoms with E-state index in [1.165, 1.54) is 12.5 Å². The standard InChI is InChI=1S/C22H28N4O4/c27-22(17-8-9-18(19(15-17)26(28)29)24-12-4-5-13-24)23-16-20(21-7-6-14-30-21)25-10-2-1-3-11-25/h6-9,14-15,20H,1-5,10-13,16H2,(H,23,27). The first-order valence-electron chi connectivity index (χ1n) is 10.7. The third-order valence-corrected chi connectivity index (χ3v) is 6.04. The van der Waals surface area contributed by atoms with Gasteiger partial charge in [-0.3, -0.25) is 19.8 Å². The van der Waals surface area contributed by atoms with Crippen LogP contribution in [0.5, 0.6) is 0 Å². The highest BCUT2D eigenvalue weighted by Crippen LogP contribution is 2.32. The highest BCUT2D eigenvalue weighted by atomic mass is 16.6. The van der Waals surface area contributed by atoms with E-state index in [9.17, 15) is 14.9 Å². The molecule has 1 atom stereocenters. The molecule has 0 saturated carbocycles. The van der Waals surface area contributed by atoms with Crippen molar-refractivity contribution in [2.24, 2.45) is 0 Å². The van der Waals surface area contributed by atoms with E-state index in [2.05, 4.69) is 10.2 Å². The number of carbonyl (C=O) groups is 1. The molecule has 1 aromatic carbocycles. The molecular formula is C22H28N4O4. The van der Waals surface area contributed by atoms with Gasteiger partial charge in [-0.05, 0) is 63.0 Å². The molecule has 3 heterocycles. The molecule has 1 N–H and O–H groups in total. The van der Waals surface area contributed by atoms with Gasteiger partial charge in [-0.2, -0.15) is 0 Å². The number of furan rings is 1. The van der Waals surface area contributed by atoms with Gasteiger partial charge in [0, 0.05) is 31.3 Å². The summed E-state index contributed by atoms with van der Waals surface area (Å²) in [4.78, 5) is 28.4. The van der Waals surface area contributed by atoms with Crippen LogP contribution in [0.4, 0.5) is 11.4 Å². The van der Waals surface area contributed by atoms with Gasteiger partial charge in [-0.15, -0.1) is 0 Å². The first-order valence-corrected chi connectivity index (χ1v) is 10.7. The topological polar surface area (TPSA) is 91.9 Å². The number of carbonyl (C=O) groups excluding carboxylic acids is 1. The van der Waals surface area contributed by atoms with E-state index in [-0.39, 0.29) is 17.6 Å². The predicted octanol–water partition coefficient (Wildman–Crippen LogP) is 3.75. The lowest BCUT2D eigenvalue weighted by Crippen LogP contribution is -2.40. The highest BCUT2D eigenvalue weighted by Gasteiger charge is 2.27. The summed E-state index contributed by atoms with van der Waals surface area (Å²) in [7, 11) is 0. The number of hydrogen-bond acceptors (Lipinski definition) is 6. The summed E-state index contributed by atoms with van der Waals surface area (Å²) in [5, 5.41) is 14.6. The molecule has 0 spiro atoms. The zero-order chi connectivity index (χ0) is 20.9. The van der Waals surface area contributed by atoms with E-state index < -0.39 is 4.92 Å². The minimum absolute atomic E-state index is 0.0110. The van der Waals surface area contributed by atoms with Crippen LogP contribution in [0, 0.1) is 10.1 Å². The van der Waals surface area contributed by atoms with Crippen LogP contribution in [-0.2, 0) is 0 Å². The van der Waals surface area contributed by atoms with Gasteiger partial charge in [-0.1, -0.05) is 6.42 Å². The highest BCUT2D eigenvalue weighted by molar-refractivity contribution is 5.95. The Hall–Kier alpha value is -2.87. The zero-order valence-electron chi connectivity index (χ0n) is 17.1. The smallest absolute Gasteiger partial charge is 0.293 e. The molecule has 0 aliphatic carbocycles. The summed E-state index contributed by atoms with van der Waals surface area (Å²) in [5.41, 5.74) is 0.889. The van der Waals surface area contributed by atoms with Crippen LogP contribution in [0.1, 0.15) is 54.3 Å². The second-order valence-corrected chi connectivity index (χ2v) is 7.99. The molecule has 30 heavy (non-hydrogen) atoms. The average molecular weight is 412 g/mol. The largest absolute Gasteiger partial charge is 0.468 e. The summed E-state index contributed by atoms with van der Waals surface area (Å²) in [6, 6.07) is 8.52. The lowest BCUT2D eigenvalue weighted by Gasteiger charge is -2.33. The van der Waals surface area contributed by atoms with E-state index in [0.29, 0.717) is 17.8 Å². The molecule has 1 unspecified atom stereocenters. The Morgan fingerprint density at radius 1 is 1.10 bits per heavy atom. The van der Waals surface area contributed by atoms with Gasteiger partial charge >= 0.3 is 0 Å². The van der Waals surface area contributed by atoms with E-state index in [1.807, 2.05) is 17.0 Å². The molecule has 0 bridgehead atoms. The average Bonchev–Trinajstić information content (AvgIpc) is 3.49. The third-order valence-electron chi connectivity index (χ3n) is 6.04. The number of benzene rings is 1. The van der Waals surface area contributed by atoms with E-state index in [4.69, 9.17) is 4.42 Å². The molecule has 2 saturated heterocycles. The molecule has 1 amide bonds. The molecule has 1 aromatic heterocycles. The number of amides is 1. The molecule has 0 radical (unpaired) electrons. The molecular weight excluding hydrogens is 384 g/mol. The monoisotopic (exact) mass is 412 g/mol. The molecule has 2 fully saturated rings. The minimum Gasteiger partial charge on any atom is -0.468 e. The molecule has 2 aliphatic rings. The summed E-state index contributed by atoms with van der Waals surface area (Å²) in [6.45, 7) is 3.96. The third kappa shape index (κ3) is 4.48. The summed E-state index contributed by atoms with van der Waals surface area (Å²) >= 11 is 0. The predicted molar refractivity (Wildman–Crippen MR) is 114 cm³/mol. The number of nitro groups is 1. The quantitative estimate of drug-likeness (QED) is 0.550. The summed E-state index contributed by atoms with van der Waals surface area (Å²) < 4.78 is 5.62. The number of nitrogens with one attached hydrogen (secondary N) is 1. The van der Waals surface area contributed by atoms with Crippen molar-refractivity contribution in [3.63, 3.8) is 0 Å². The number of rotatable bonds is 7. The first kappa shape index (κ1) is 20.4. The Balaban J connectivity index is 1.48. The maximum atomic E-state index is 12.8. The van der Waals surface area contributed by atoms with Crippen LogP contribution in [0.15, 0.2) is 41.0 Å². The van der Waals surface area contributed by atoms with Gasteiger partial charge in [-0.25, -0.2) is 0 Å². The van der Waals surface area contributed by atoms with Crippen LogP contribution in [0.25, 0.3) is 0 Å². The van der Waals surface area contributed by atoms with Crippen molar-refractivity contribution in [1.29, 1.82) is 0 Å². The van der Waals surface area contributed by atoms with E-state index in [1.54, 1.807) is 18.4 Å². The van der Waals surface area contributed by atoms with Crippen LogP contribution in [0.2, 0.25) is 0 Å². The molecule has 8 nitrogen and oxygen atoms in total. The fourth-order valence-electron chi connectivity index (χ4n) is 4.45. The second kappa shape index (κ2) is 9.30. The number of piperidine rings is 1. The zero-order valence-corrected chi connectivity index (χ0v) is 17.1. The Morgan fingerprint density at radius 2 is 1.83 bits per heavy atom. The number of likely N-dealkylation sites (tertiary alicyclic amines) is 1. The number of nitrogens with zero attached hydrogens (tertiary/aromatic N) is 3. The van der Waals surface area contributed by atoms with Crippen LogP contribution in [-0.4, -0.2) is 48.5 Å². The lowest BCUT2D eigenvalue weighted by atomic mass is 10.1. The normalized spacial score (nSPS) is 18.3. The van der Waals surface area contributed by atoms with Crippen LogP contribution in [0.3, 0.4) is 0 Å². The molecule has 8 heteroatoms. The maximum Gasteiger partial charge on any atom is 0.293 e. The maximum absolute atomic E-state index is 12.8. The SMILES string of the molecule is O=C(NCC(c1ccco1)N1CCCCC1)c1ccc(N2CCCC2)c([N+](=O)[O-])c1. The Morgan fingerprint density at radius 3 is 2.50 bits per heavy atom. The van der Waals surface area contributed by atoms with Crippen molar-refractivity contribution >= 4 is 17.3 Å². The summed E-state index contributed by atoms with van der Waals surface area (Å²) in [5.74, 6) is 0.521. The Kier molecular flexibility index (Phi) is 6.32. The fourth-order valence-corrected chi connectivity index (χ4v) is 4.45. The van der Waals surface area contributed by atoms with Gasteiger partial charge in [0.2, 0.25) is 0 Å². The molecule has 160 valence electrons. The second-order valence-electron chi connectivity index (χ2n) is 7.99. The van der Waals surface area contributed by atoms with Crippen LogP contribution >= 0.6 is 0 Å². The van der Waals surface area contributed by atoms with Gasteiger partial charge in [0.1, 0.15) is 11.4 Å². The fraction of sp³-hybridized carbons (Fsp3) is 0.500.